The van der Waals surface area contributed by atoms with Crippen LogP contribution in [0.4, 0.5) is 5.69 Å². The zero-order chi connectivity index (χ0) is 28.3. The molecule has 0 spiro atoms. The molecular formula is C30H40N4O5. The van der Waals surface area contributed by atoms with Gasteiger partial charge in [-0.05, 0) is 42.2 Å². The third-order valence-electron chi connectivity index (χ3n) is 7.24. The molecule has 0 radical (unpaired) electrons. The first-order chi connectivity index (χ1) is 18.6. The van der Waals surface area contributed by atoms with Crippen molar-refractivity contribution in [3.63, 3.8) is 0 Å². The number of ether oxygens (including phenoxy) is 3. The molecule has 1 fully saturated rings. The number of benzene rings is 2. The molecule has 9 heteroatoms. The van der Waals surface area contributed by atoms with Crippen molar-refractivity contribution in [1.82, 2.24) is 10.2 Å². The molecule has 39 heavy (non-hydrogen) atoms. The number of morpholine rings is 1. The number of ketones is 1. The molecule has 0 bridgehead atoms. The van der Waals surface area contributed by atoms with Crippen LogP contribution in [0.3, 0.4) is 0 Å². The van der Waals surface area contributed by atoms with Crippen LogP contribution in [-0.2, 0) is 27.9 Å². The average molecular weight is 537 g/mol. The van der Waals surface area contributed by atoms with Gasteiger partial charge in [0.1, 0.15) is 17.3 Å². The van der Waals surface area contributed by atoms with Gasteiger partial charge in [0.2, 0.25) is 5.91 Å². The van der Waals surface area contributed by atoms with Crippen molar-refractivity contribution in [2.75, 3.05) is 58.5 Å². The van der Waals surface area contributed by atoms with Gasteiger partial charge < -0.3 is 29.3 Å². The first-order valence-electron chi connectivity index (χ1n) is 13.5. The largest absolute Gasteiger partial charge is 0.494 e. The Kier molecular flexibility index (Phi) is 8.49. The molecule has 2 aliphatic heterocycles. The zero-order valence-corrected chi connectivity index (χ0v) is 23.9. The Balaban J connectivity index is 1.64. The van der Waals surface area contributed by atoms with Gasteiger partial charge in [-0.25, -0.2) is 0 Å². The lowest BCUT2D eigenvalue weighted by Gasteiger charge is -2.33. The summed E-state index contributed by atoms with van der Waals surface area (Å²) in [6.45, 7) is 11.9. The Morgan fingerprint density at radius 1 is 1.13 bits per heavy atom. The Morgan fingerprint density at radius 2 is 1.85 bits per heavy atom. The van der Waals surface area contributed by atoms with E-state index in [1.807, 2.05) is 31.2 Å². The highest BCUT2D eigenvalue weighted by Crippen LogP contribution is 2.41. The number of carbonyl (C=O) groups is 2. The number of methoxy groups -OCH3 is 1. The van der Waals surface area contributed by atoms with Crippen molar-refractivity contribution in [3.8, 4) is 11.5 Å². The number of nitrogens with one attached hydrogen (secondary N) is 2. The number of Topliss-reactive ketones (excluding diaryl/α,β-unsaturated/α-hetero) is 1. The second kappa shape index (κ2) is 11.7. The fourth-order valence-corrected chi connectivity index (χ4v) is 5.15. The summed E-state index contributed by atoms with van der Waals surface area (Å²) in [7, 11) is 3.27. The second-order valence-corrected chi connectivity index (χ2v) is 11.0. The standard InChI is InChI=1S/C30H40N4O5/c1-7-39-26-15-21-17-34(29(31)22(21)12-20(26)16-27(36)32-5)18-25(35)19-13-23(30(2,3)4)28(37-6)24(14-19)33-8-10-38-11-9-33/h12-15,31H,7-11,16-18H2,1-6H3,(H,32,36). The molecule has 2 N–H and O–H groups in total. The Bertz CT molecular complexity index is 1260. The van der Waals surface area contributed by atoms with Crippen molar-refractivity contribution in [3.05, 3.63) is 52.1 Å². The van der Waals surface area contributed by atoms with Crippen LogP contribution in [-0.4, -0.2) is 76.0 Å². The van der Waals surface area contributed by atoms with Crippen molar-refractivity contribution in [2.24, 2.45) is 0 Å². The summed E-state index contributed by atoms with van der Waals surface area (Å²) >= 11 is 0. The Labute approximate surface area is 230 Å². The van der Waals surface area contributed by atoms with Crippen LogP contribution in [0.2, 0.25) is 0 Å². The van der Waals surface area contributed by atoms with Crippen LogP contribution in [0.25, 0.3) is 0 Å². The van der Waals surface area contributed by atoms with E-state index < -0.39 is 0 Å². The van der Waals surface area contributed by atoms with E-state index >= 15 is 0 Å². The first kappa shape index (κ1) is 28.4. The maximum atomic E-state index is 13.7. The monoisotopic (exact) mass is 536 g/mol. The molecule has 0 saturated carbocycles. The van der Waals surface area contributed by atoms with Gasteiger partial charge in [-0.15, -0.1) is 0 Å². The highest BCUT2D eigenvalue weighted by molar-refractivity contribution is 6.06. The van der Waals surface area contributed by atoms with E-state index in [1.165, 1.54) is 0 Å². The van der Waals surface area contributed by atoms with Gasteiger partial charge in [0.15, 0.2) is 5.78 Å². The van der Waals surface area contributed by atoms with Crippen molar-refractivity contribution in [1.29, 1.82) is 5.41 Å². The number of anilines is 1. The van der Waals surface area contributed by atoms with Gasteiger partial charge >= 0.3 is 0 Å². The maximum Gasteiger partial charge on any atom is 0.224 e. The molecule has 0 atom stereocenters. The van der Waals surface area contributed by atoms with E-state index in [1.54, 1.807) is 19.1 Å². The minimum atomic E-state index is -0.240. The normalized spacial score (nSPS) is 15.3. The van der Waals surface area contributed by atoms with Gasteiger partial charge in [-0.1, -0.05) is 20.8 Å². The van der Waals surface area contributed by atoms with E-state index in [0.717, 1.165) is 46.8 Å². The first-order valence-corrected chi connectivity index (χ1v) is 13.5. The molecule has 0 aromatic heterocycles. The number of hydrogen-bond acceptors (Lipinski definition) is 7. The average Bonchev–Trinajstić information content (AvgIpc) is 3.21. The zero-order valence-electron chi connectivity index (χ0n) is 23.9. The van der Waals surface area contributed by atoms with E-state index in [0.29, 0.717) is 37.7 Å². The molecule has 1 saturated heterocycles. The lowest BCUT2D eigenvalue weighted by atomic mass is 9.84. The van der Waals surface area contributed by atoms with E-state index in [9.17, 15) is 9.59 Å². The third-order valence-corrected chi connectivity index (χ3v) is 7.24. The third kappa shape index (κ3) is 6.03. The van der Waals surface area contributed by atoms with E-state index in [2.05, 4.69) is 31.0 Å². The van der Waals surface area contributed by atoms with Crippen molar-refractivity contribution < 1.29 is 23.8 Å². The summed E-state index contributed by atoms with van der Waals surface area (Å²) in [6, 6.07) is 7.61. The summed E-state index contributed by atoms with van der Waals surface area (Å²) in [5, 5.41) is 11.5. The molecule has 2 aromatic rings. The fraction of sp³-hybridized carbons (Fsp3) is 0.500. The molecule has 2 aliphatic rings. The number of fused-ring (bicyclic) bond motifs is 1. The molecule has 0 aliphatic carbocycles. The van der Waals surface area contributed by atoms with Crippen molar-refractivity contribution in [2.45, 2.75) is 46.1 Å². The Morgan fingerprint density at radius 3 is 2.46 bits per heavy atom. The predicted octanol–water partition coefficient (Wildman–Crippen LogP) is 3.54. The highest BCUT2D eigenvalue weighted by atomic mass is 16.5. The topological polar surface area (TPSA) is 104 Å². The summed E-state index contributed by atoms with van der Waals surface area (Å²) in [5.41, 5.74) is 4.60. The Hall–Kier alpha value is -3.59. The lowest BCUT2D eigenvalue weighted by Crippen LogP contribution is -2.37. The number of rotatable bonds is 9. The number of likely N-dealkylation sites (N-methyl/N-ethyl adjacent to an activating group) is 1. The van der Waals surface area contributed by atoms with Gasteiger partial charge in [0.05, 0.1) is 45.6 Å². The summed E-state index contributed by atoms with van der Waals surface area (Å²) in [5.74, 6) is 1.51. The number of amides is 1. The number of hydrogen-bond donors (Lipinski definition) is 2. The predicted molar refractivity (Wildman–Crippen MR) is 152 cm³/mol. The minimum absolute atomic E-state index is 0.0640. The van der Waals surface area contributed by atoms with Gasteiger partial charge in [0, 0.05) is 48.9 Å². The minimum Gasteiger partial charge on any atom is -0.494 e. The molecule has 2 aromatic carbocycles. The molecule has 9 nitrogen and oxygen atoms in total. The quantitative estimate of drug-likeness (QED) is 0.473. The van der Waals surface area contributed by atoms with Crippen LogP contribution in [0.15, 0.2) is 24.3 Å². The summed E-state index contributed by atoms with van der Waals surface area (Å²) < 4.78 is 17.2. The van der Waals surface area contributed by atoms with Crippen LogP contribution >= 0.6 is 0 Å². The molecule has 4 rings (SSSR count). The SMILES string of the molecule is CCOc1cc2c(cc1CC(=O)NC)C(=N)N(CC(=O)c1cc(N3CCOCC3)c(OC)c(C(C)(C)C)c1)C2. The van der Waals surface area contributed by atoms with Gasteiger partial charge in [-0.3, -0.25) is 15.0 Å². The molecule has 2 heterocycles. The number of carbonyl (C=O) groups excluding carboxylic acids is 2. The van der Waals surface area contributed by atoms with E-state index in [4.69, 9.17) is 19.6 Å². The van der Waals surface area contributed by atoms with Crippen LogP contribution in [0.1, 0.15) is 60.3 Å². The van der Waals surface area contributed by atoms with Crippen LogP contribution in [0, 0.1) is 5.41 Å². The van der Waals surface area contributed by atoms with Gasteiger partial charge in [-0.2, -0.15) is 0 Å². The highest BCUT2D eigenvalue weighted by Gasteiger charge is 2.31. The number of amidine groups is 1. The molecular weight excluding hydrogens is 496 g/mol. The lowest BCUT2D eigenvalue weighted by molar-refractivity contribution is -0.119. The smallest absolute Gasteiger partial charge is 0.224 e. The molecule has 210 valence electrons. The van der Waals surface area contributed by atoms with Gasteiger partial charge in [0.25, 0.3) is 0 Å². The van der Waals surface area contributed by atoms with E-state index in [-0.39, 0.29) is 35.9 Å². The van der Waals surface area contributed by atoms with Crippen LogP contribution in [0.5, 0.6) is 11.5 Å². The number of nitrogens with zero attached hydrogens (tertiary/aromatic N) is 2. The summed E-state index contributed by atoms with van der Waals surface area (Å²) in [6.07, 6.45) is 0.164. The second-order valence-electron chi connectivity index (χ2n) is 11.0. The van der Waals surface area contributed by atoms with Crippen molar-refractivity contribution >= 4 is 23.2 Å². The molecule has 0 unspecified atom stereocenters. The maximum absolute atomic E-state index is 13.7. The molecule has 1 amide bonds. The van der Waals surface area contributed by atoms with Crippen LogP contribution < -0.4 is 19.7 Å². The fourth-order valence-electron chi connectivity index (χ4n) is 5.15. The summed E-state index contributed by atoms with van der Waals surface area (Å²) in [4.78, 5) is 29.8.